The van der Waals surface area contributed by atoms with Crippen molar-refractivity contribution in [3.8, 4) is 0 Å². The predicted molar refractivity (Wildman–Crippen MR) is 157 cm³/mol. The Morgan fingerprint density at radius 1 is 1.00 bits per heavy atom. The molecule has 3 fully saturated rings. The second kappa shape index (κ2) is 11.0. The molecule has 2 bridgehead atoms. The highest BCUT2D eigenvalue weighted by molar-refractivity contribution is 8.44. The number of alkyl halides is 1. The molecule has 3 aliphatic heterocycles. The minimum Gasteiger partial charge on any atom is -0.398 e. The van der Waals surface area contributed by atoms with Gasteiger partial charge in [0.05, 0.1) is 31.2 Å². The molecular formula is C23H25FN6O9P2S2. The molecule has 0 amide bonds. The van der Waals surface area contributed by atoms with Crippen LogP contribution in [-0.4, -0.2) is 67.9 Å². The Morgan fingerprint density at radius 2 is 1.79 bits per heavy atom. The minimum absolute atomic E-state index is 0.100. The molecule has 0 saturated carbocycles. The van der Waals surface area contributed by atoms with Crippen LogP contribution in [0.15, 0.2) is 47.9 Å². The van der Waals surface area contributed by atoms with Crippen LogP contribution in [-0.2, 0) is 36.7 Å². The maximum atomic E-state index is 16.0. The lowest BCUT2D eigenvalue weighted by Gasteiger charge is -2.26. The first-order chi connectivity index (χ1) is 20.5. The zero-order chi connectivity index (χ0) is 30.1. The van der Waals surface area contributed by atoms with Gasteiger partial charge in [-0.2, -0.15) is 0 Å². The molecule has 0 aromatic carbocycles. The van der Waals surface area contributed by atoms with Gasteiger partial charge in [-0.15, -0.1) is 0 Å². The molecule has 0 aliphatic carbocycles. The number of halogens is 1. The van der Waals surface area contributed by atoms with Crippen molar-refractivity contribution in [1.82, 2.24) is 24.1 Å². The van der Waals surface area contributed by atoms with E-state index in [4.69, 9.17) is 33.3 Å². The van der Waals surface area contributed by atoms with Crippen molar-refractivity contribution in [2.75, 3.05) is 18.9 Å². The number of anilines is 1. The molecule has 43 heavy (non-hydrogen) atoms. The SMILES string of the molecule is Nc1ccnc2c1ccn2[C@@H]1O[C@@H]2COP(=O)(S)O[C@@H]3C[C@@H](COP(=O)(S)O[C@H]2[C@@H]1F)O[C@H]3n1cnc2c(=O)[nH]ccc21. The molecule has 3 N–H and O–H groups in total. The number of aromatic nitrogens is 5. The molecule has 2 unspecified atom stereocenters. The smallest absolute Gasteiger partial charge is 0.386 e. The number of nitrogens with zero attached hydrogens (tertiary/aromatic N) is 4. The molecule has 3 saturated heterocycles. The van der Waals surface area contributed by atoms with Gasteiger partial charge in [-0.05, 0) is 18.2 Å². The fourth-order valence-corrected chi connectivity index (χ4v) is 8.53. The number of imidazole rings is 1. The summed E-state index contributed by atoms with van der Waals surface area (Å²) in [5.74, 6) is 0. The largest absolute Gasteiger partial charge is 0.398 e. The molecule has 4 aromatic rings. The van der Waals surface area contributed by atoms with Crippen molar-refractivity contribution < 1.29 is 41.1 Å². The topological polar surface area (TPSA) is 184 Å². The van der Waals surface area contributed by atoms with E-state index in [1.54, 1.807) is 29.0 Å². The number of nitrogens with two attached hydrogens (primary N) is 1. The van der Waals surface area contributed by atoms with E-state index in [2.05, 4.69) is 39.4 Å². The van der Waals surface area contributed by atoms with Crippen LogP contribution in [0.1, 0.15) is 18.9 Å². The van der Waals surface area contributed by atoms with Crippen LogP contribution >= 0.6 is 38.1 Å². The van der Waals surface area contributed by atoms with Gasteiger partial charge in [0.25, 0.3) is 5.56 Å². The minimum atomic E-state index is -4.21. The van der Waals surface area contributed by atoms with E-state index in [-0.39, 0.29) is 18.5 Å². The third kappa shape index (κ3) is 5.47. The Hall–Kier alpha value is -2.24. The van der Waals surface area contributed by atoms with E-state index in [0.717, 1.165) is 0 Å². The fourth-order valence-electron chi connectivity index (χ4n) is 5.53. The monoisotopic (exact) mass is 674 g/mol. The molecule has 7 heterocycles. The summed E-state index contributed by atoms with van der Waals surface area (Å²) in [5.41, 5.74) is 6.99. The number of nitrogen functional groups attached to an aromatic ring is 1. The standard InChI is InChI=1S/C23H25FN6O9P2S2/c24-17-19-16(37-23(17)29-6-3-12-13(25)1-4-26-20(12)29)9-35-40(32,42)38-15-7-11(8-34-41(33,43)39-19)36-22(15)30-10-28-18-14(30)2-5-27-21(18)31/h1-6,10-11,15-17,19,22-23H,7-9H2,(H2,25,26)(H,27,31)(H,32,42)(H,33,43)/t11-,15+,16+,17-,19+,22+,23+,40?,41?/m0/s1. The molecule has 4 aromatic heterocycles. The van der Waals surface area contributed by atoms with E-state index in [1.165, 1.54) is 23.3 Å². The Balaban J connectivity index is 1.18. The molecule has 15 nitrogen and oxygen atoms in total. The van der Waals surface area contributed by atoms with Gasteiger partial charge in [0, 0.05) is 36.1 Å². The Bertz CT molecular complexity index is 1860. The van der Waals surface area contributed by atoms with Gasteiger partial charge in [-0.1, -0.05) is 24.5 Å². The van der Waals surface area contributed by atoms with Crippen LogP contribution in [0.4, 0.5) is 10.1 Å². The maximum absolute atomic E-state index is 16.0. The van der Waals surface area contributed by atoms with Gasteiger partial charge >= 0.3 is 13.6 Å². The highest BCUT2D eigenvalue weighted by atomic mass is 32.7. The van der Waals surface area contributed by atoms with Crippen LogP contribution in [0, 0.1) is 0 Å². The predicted octanol–water partition coefficient (Wildman–Crippen LogP) is 3.77. The maximum Gasteiger partial charge on any atom is 0.386 e. The summed E-state index contributed by atoms with van der Waals surface area (Å²) in [5, 5.41) is 0.578. The van der Waals surface area contributed by atoms with Crippen molar-refractivity contribution in [2.45, 2.75) is 49.5 Å². The van der Waals surface area contributed by atoms with Crippen molar-refractivity contribution in [1.29, 1.82) is 0 Å². The highest BCUT2D eigenvalue weighted by Crippen LogP contribution is 2.60. The number of pyridine rings is 2. The summed E-state index contributed by atoms with van der Waals surface area (Å²) in [6.45, 7) is -9.17. The average Bonchev–Trinajstić information content (AvgIpc) is 3.72. The summed E-state index contributed by atoms with van der Waals surface area (Å²) in [6, 6.07) is 4.89. The molecule has 7 rings (SSSR count). The van der Waals surface area contributed by atoms with Gasteiger partial charge in [0.15, 0.2) is 24.1 Å². The van der Waals surface area contributed by atoms with Gasteiger partial charge in [0.2, 0.25) is 0 Å². The first kappa shape index (κ1) is 29.5. The van der Waals surface area contributed by atoms with Crippen LogP contribution in [0.5, 0.6) is 0 Å². The van der Waals surface area contributed by atoms with Crippen molar-refractivity contribution in [2.24, 2.45) is 0 Å². The summed E-state index contributed by atoms with van der Waals surface area (Å²) < 4.78 is 80.3. The van der Waals surface area contributed by atoms with Crippen molar-refractivity contribution in [3.63, 3.8) is 0 Å². The normalized spacial score (nSPS) is 37.1. The summed E-state index contributed by atoms with van der Waals surface area (Å²) in [4.78, 5) is 23.2. The van der Waals surface area contributed by atoms with E-state index < -0.39 is 68.8 Å². The van der Waals surface area contributed by atoms with Crippen molar-refractivity contribution in [3.05, 3.63) is 53.5 Å². The number of thiol groups is 2. The number of ether oxygens (including phenoxy) is 2. The fraction of sp³-hybridized carbons (Fsp3) is 0.435. The molecule has 20 heteroatoms. The molecule has 3 aliphatic rings. The Labute approximate surface area is 252 Å². The summed E-state index contributed by atoms with van der Waals surface area (Å²) >= 11 is 8.23. The molecule has 9 atom stereocenters. The molecule has 0 radical (unpaired) electrons. The quantitative estimate of drug-likeness (QED) is 0.179. The number of hydrogen-bond acceptors (Lipinski definition) is 12. The number of H-pyrrole nitrogens is 1. The van der Waals surface area contributed by atoms with Crippen LogP contribution in [0.25, 0.3) is 22.1 Å². The van der Waals surface area contributed by atoms with E-state index in [9.17, 15) is 13.9 Å². The van der Waals surface area contributed by atoms with Crippen LogP contribution < -0.4 is 11.3 Å². The third-order valence-electron chi connectivity index (χ3n) is 7.46. The second-order valence-corrected chi connectivity index (χ2v) is 15.9. The Morgan fingerprint density at radius 3 is 2.63 bits per heavy atom. The second-order valence-electron chi connectivity index (χ2n) is 10.2. The summed E-state index contributed by atoms with van der Waals surface area (Å²) in [7, 11) is 0. The number of hydrogen-bond donors (Lipinski definition) is 4. The lowest BCUT2D eigenvalue weighted by molar-refractivity contribution is -0.0559. The number of aromatic amines is 1. The molecule has 230 valence electrons. The lowest BCUT2D eigenvalue weighted by Crippen LogP contribution is -2.33. The highest BCUT2D eigenvalue weighted by Gasteiger charge is 2.52. The third-order valence-corrected chi connectivity index (χ3v) is 10.7. The van der Waals surface area contributed by atoms with E-state index >= 15 is 4.39 Å². The first-order valence-electron chi connectivity index (χ1n) is 13.0. The van der Waals surface area contributed by atoms with Gasteiger partial charge in [0.1, 0.15) is 24.0 Å². The van der Waals surface area contributed by atoms with Gasteiger partial charge < -0.3 is 29.3 Å². The molecule has 0 spiro atoms. The number of nitrogens with one attached hydrogen (secondary N) is 1. The van der Waals surface area contributed by atoms with Gasteiger partial charge in [-0.3, -0.25) is 22.9 Å². The number of rotatable bonds is 2. The summed E-state index contributed by atoms with van der Waals surface area (Å²) in [6.07, 6.45) is -2.62. The average molecular weight is 675 g/mol. The van der Waals surface area contributed by atoms with Crippen LogP contribution in [0.3, 0.4) is 0 Å². The zero-order valence-electron chi connectivity index (χ0n) is 21.9. The number of fused-ring (bicyclic) bond motifs is 5. The van der Waals surface area contributed by atoms with Gasteiger partial charge in [-0.25, -0.2) is 23.5 Å². The first-order valence-corrected chi connectivity index (χ1v) is 18.4. The van der Waals surface area contributed by atoms with Crippen LogP contribution in [0.2, 0.25) is 0 Å². The Kier molecular flexibility index (Phi) is 7.52. The van der Waals surface area contributed by atoms with E-state index in [0.29, 0.717) is 22.2 Å². The molecular weight excluding hydrogens is 649 g/mol. The van der Waals surface area contributed by atoms with Crippen molar-refractivity contribution >= 4 is 65.8 Å². The zero-order valence-corrected chi connectivity index (χ0v) is 25.5. The lowest BCUT2D eigenvalue weighted by atomic mass is 10.1. The van der Waals surface area contributed by atoms with E-state index in [1.807, 2.05) is 0 Å².